The number of hydrogen-bond acceptors (Lipinski definition) is 2. The van der Waals surface area contributed by atoms with Crippen LogP contribution in [0, 0.1) is 13.8 Å². The molecule has 1 amide bonds. The second kappa shape index (κ2) is 7.72. The number of aryl methyl sites for hydroxylation is 4. The first-order valence-electron chi connectivity index (χ1n) is 9.06. The van der Waals surface area contributed by atoms with Crippen molar-refractivity contribution < 1.29 is 4.79 Å². The van der Waals surface area contributed by atoms with Crippen LogP contribution >= 0.6 is 15.9 Å². The molecule has 2 heterocycles. The molecule has 3 rings (SSSR count). The summed E-state index contributed by atoms with van der Waals surface area (Å²) in [7, 11) is 1.96. The Morgan fingerprint density at radius 1 is 1.26 bits per heavy atom. The molecule has 0 aliphatic carbocycles. The summed E-state index contributed by atoms with van der Waals surface area (Å²) in [5, 5.41) is 4.00. The lowest BCUT2D eigenvalue weighted by Crippen LogP contribution is -2.28. The van der Waals surface area contributed by atoms with Crippen molar-refractivity contribution >= 4 is 32.7 Å². The Morgan fingerprint density at radius 2 is 2.00 bits per heavy atom. The number of fused-ring (bicyclic) bond motifs is 1. The minimum Gasteiger partial charge on any atom is -0.350 e. The van der Waals surface area contributed by atoms with E-state index in [1.807, 2.05) is 37.6 Å². The predicted octanol–water partition coefficient (Wildman–Crippen LogP) is 4.13. The molecule has 0 aliphatic rings. The summed E-state index contributed by atoms with van der Waals surface area (Å²) < 4.78 is 2.87. The summed E-state index contributed by atoms with van der Waals surface area (Å²) in [6.07, 6.45) is 4.10. The van der Waals surface area contributed by atoms with Crippen molar-refractivity contribution in [3.63, 3.8) is 0 Å². The number of nitrogens with one attached hydrogen (secondary N) is 2. The van der Waals surface area contributed by atoms with Crippen molar-refractivity contribution in [3.8, 4) is 0 Å². The molecular weight excluding hydrogens is 406 g/mol. The molecule has 0 spiro atoms. The molecule has 27 heavy (non-hydrogen) atoms. The number of aromatic amines is 1. The van der Waals surface area contributed by atoms with Gasteiger partial charge in [0.15, 0.2) is 0 Å². The normalized spacial score (nSPS) is 11.1. The van der Waals surface area contributed by atoms with Crippen LogP contribution < -0.4 is 10.9 Å². The van der Waals surface area contributed by atoms with E-state index in [1.54, 1.807) is 0 Å². The van der Waals surface area contributed by atoms with Crippen LogP contribution in [0.2, 0.25) is 0 Å². The zero-order chi connectivity index (χ0) is 19.7. The van der Waals surface area contributed by atoms with Crippen LogP contribution in [0.5, 0.6) is 0 Å². The lowest BCUT2D eigenvalue weighted by atomic mass is 10.1. The van der Waals surface area contributed by atoms with E-state index in [0.29, 0.717) is 11.1 Å². The number of amides is 1. The van der Waals surface area contributed by atoms with E-state index in [1.165, 1.54) is 5.56 Å². The highest BCUT2D eigenvalue weighted by atomic mass is 79.9. The molecular formula is C21H24BrN3O2. The molecule has 6 heteroatoms. The van der Waals surface area contributed by atoms with Crippen LogP contribution in [-0.2, 0) is 20.0 Å². The third-order valence-corrected chi connectivity index (χ3v) is 5.26. The van der Waals surface area contributed by atoms with Crippen LogP contribution in [0.25, 0.3) is 10.9 Å². The molecule has 0 saturated carbocycles. The van der Waals surface area contributed by atoms with Crippen LogP contribution in [0.3, 0.4) is 0 Å². The monoisotopic (exact) mass is 429 g/mol. The molecule has 0 atom stereocenters. The van der Waals surface area contributed by atoms with Crippen LogP contribution in [0.15, 0.2) is 33.7 Å². The van der Waals surface area contributed by atoms with E-state index in [9.17, 15) is 9.59 Å². The molecule has 0 fully saturated rings. The quantitative estimate of drug-likeness (QED) is 0.639. The minimum atomic E-state index is -0.190. The van der Waals surface area contributed by atoms with E-state index < -0.39 is 0 Å². The lowest BCUT2D eigenvalue weighted by Gasteiger charge is -2.10. The molecule has 5 nitrogen and oxygen atoms in total. The van der Waals surface area contributed by atoms with Gasteiger partial charge < -0.3 is 14.9 Å². The summed E-state index contributed by atoms with van der Waals surface area (Å²) in [4.78, 5) is 27.9. The molecule has 2 aromatic heterocycles. The lowest BCUT2D eigenvalue weighted by molar-refractivity contribution is 0.0952. The van der Waals surface area contributed by atoms with Crippen molar-refractivity contribution in [3.05, 3.63) is 67.2 Å². The topological polar surface area (TPSA) is 66.9 Å². The van der Waals surface area contributed by atoms with Gasteiger partial charge in [0.25, 0.3) is 11.5 Å². The minimum absolute atomic E-state index is 0.156. The fraction of sp³-hybridized carbons (Fsp3) is 0.333. The van der Waals surface area contributed by atoms with Gasteiger partial charge in [-0.1, -0.05) is 29.3 Å². The average molecular weight is 430 g/mol. The Kier molecular flexibility index (Phi) is 5.56. The second-order valence-electron chi connectivity index (χ2n) is 6.99. The molecule has 0 bridgehead atoms. The number of nitrogens with zero attached hydrogens (tertiary/aromatic N) is 1. The third kappa shape index (κ3) is 3.86. The van der Waals surface area contributed by atoms with E-state index in [0.717, 1.165) is 39.5 Å². The van der Waals surface area contributed by atoms with Gasteiger partial charge in [-0.2, -0.15) is 0 Å². The first-order valence-corrected chi connectivity index (χ1v) is 9.86. The van der Waals surface area contributed by atoms with Gasteiger partial charge in [0.1, 0.15) is 0 Å². The first kappa shape index (κ1) is 19.4. The molecule has 0 unspecified atom stereocenters. The molecule has 1 aromatic carbocycles. The highest BCUT2D eigenvalue weighted by Crippen LogP contribution is 2.29. The largest absolute Gasteiger partial charge is 0.350 e. The summed E-state index contributed by atoms with van der Waals surface area (Å²) >= 11 is 3.53. The smallest absolute Gasteiger partial charge is 0.253 e. The third-order valence-electron chi connectivity index (χ3n) is 4.81. The molecule has 0 saturated heterocycles. The van der Waals surface area contributed by atoms with Gasteiger partial charge in [-0.3, -0.25) is 9.59 Å². The fourth-order valence-electron chi connectivity index (χ4n) is 3.60. The van der Waals surface area contributed by atoms with Crippen molar-refractivity contribution in [2.75, 3.05) is 0 Å². The standard InChI is InChI=1S/C21H24BrN3O2/c1-5-6-14-11-25(4)19-16(14)8-15(22)9-17(19)20(26)23-10-18-12(2)7-13(3)24-21(18)27/h7-9,11H,5-6,10H2,1-4H3,(H,23,26)(H,24,27). The summed E-state index contributed by atoms with van der Waals surface area (Å²) in [5.41, 5.74) is 4.86. The molecule has 0 radical (unpaired) electrons. The molecule has 2 N–H and O–H groups in total. The number of hydrogen-bond donors (Lipinski definition) is 2. The SMILES string of the molecule is CCCc1cn(C)c2c(C(=O)NCc3c(C)cc(C)[nH]c3=O)cc(Br)cc12. The number of rotatable bonds is 5. The Morgan fingerprint density at radius 3 is 2.67 bits per heavy atom. The molecule has 0 aliphatic heterocycles. The Balaban J connectivity index is 1.96. The number of aromatic nitrogens is 2. The summed E-state index contributed by atoms with van der Waals surface area (Å²) in [5.74, 6) is -0.190. The van der Waals surface area contributed by atoms with Gasteiger partial charge >= 0.3 is 0 Å². The molecule has 3 aromatic rings. The van der Waals surface area contributed by atoms with Crippen molar-refractivity contribution in [1.29, 1.82) is 0 Å². The Labute approximate surface area is 166 Å². The van der Waals surface area contributed by atoms with Gasteiger partial charge in [0, 0.05) is 40.9 Å². The van der Waals surface area contributed by atoms with Crippen molar-refractivity contribution in [2.45, 2.75) is 40.2 Å². The van der Waals surface area contributed by atoms with Gasteiger partial charge in [-0.15, -0.1) is 0 Å². The number of carbonyl (C=O) groups is 1. The van der Waals surface area contributed by atoms with Crippen LogP contribution in [-0.4, -0.2) is 15.5 Å². The van der Waals surface area contributed by atoms with Gasteiger partial charge in [-0.05, 0) is 49.6 Å². The maximum absolute atomic E-state index is 12.9. The summed E-state index contributed by atoms with van der Waals surface area (Å²) in [6.45, 7) is 6.07. The average Bonchev–Trinajstić information content (AvgIpc) is 2.89. The highest BCUT2D eigenvalue weighted by Gasteiger charge is 2.17. The van der Waals surface area contributed by atoms with E-state index in [2.05, 4.69) is 45.4 Å². The number of pyridine rings is 1. The Hall–Kier alpha value is -2.34. The maximum atomic E-state index is 12.9. The van der Waals surface area contributed by atoms with Crippen molar-refractivity contribution in [2.24, 2.45) is 7.05 Å². The fourth-order valence-corrected chi connectivity index (χ4v) is 4.06. The number of H-pyrrole nitrogens is 1. The van der Waals surface area contributed by atoms with E-state index >= 15 is 0 Å². The summed E-state index contributed by atoms with van der Waals surface area (Å²) in [6, 6.07) is 5.81. The Bertz CT molecular complexity index is 1080. The highest BCUT2D eigenvalue weighted by molar-refractivity contribution is 9.10. The second-order valence-corrected chi connectivity index (χ2v) is 7.91. The van der Waals surface area contributed by atoms with Gasteiger partial charge in [0.2, 0.25) is 0 Å². The zero-order valence-corrected chi connectivity index (χ0v) is 17.7. The number of halogens is 1. The zero-order valence-electron chi connectivity index (χ0n) is 16.1. The number of benzene rings is 1. The maximum Gasteiger partial charge on any atom is 0.253 e. The van der Waals surface area contributed by atoms with Crippen LogP contribution in [0.4, 0.5) is 0 Å². The number of carbonyl (C=O) groups excluding carboxylic acids is 1. The van der Waals surface area contributed by atoms with Crippen LogP contribution in [0.1, 0.15) is 46.1 Å². The van der Waals surface area contributed by atoms with E-state index in [4.69, 9.17) is 0 Å². The van der Waals surface area contributed by atoms with Gasteiger partial charge in [-0.25, -0.2) is 0 Å². The van der Waals surface area contributed by atoms with Crippen molar-refractivity contribution in [1.82, 2.24) is 14.9 Å². The van der Waals surface area contributed by atoms with Gasteiger partial charge in [0.05, 0.1) is 11.1 Å². The van der Waals surface area contributed by atoms with E-state index in [-0.39, 0.29) is 18.0 Å². The molecule has 142 valence electrons. The predicted molar refractivity (Wildman–Crippen MR) is 112 cm³/mol. The first-order chi connectivity index (χ1) is 12.8.